The van der Waals surface area contributed by atoms with E-state index in [2.05, 4.69) is 22.0 Å². The van der Waals surface area contributed by atoms with Crippen LogP contribution in [0.3, 0.4) is 0 Å². The van der Waals surface area contributed by atoms with Crippen molar-refractivity contribution in [1.29, 1.82) is 0 Å². The summed E-state index contributed by atoms with van der Waals surface area (Å²) < 4.78 is 0. The van der Waals surface area contributed by atoms with Crippen LogP contribution in [0.4, 0.5) is 0 Å². The third-order valence-corrected chi connectivity index (χ3v) is 3.32. The molecule has 2 rings (SSSR count). The van der Waals surface area contributed by atoms with Gasteiger partial charge < -0.3 is 5.32 Å². The van der Waals surface area contributed by atoms with Gasteiger partial charge in [0.25, 0.3) is 0 Å². The van der Waals surface area contributed by atoms with E-state index in [0.717, 1.165) is 6.04 Å². The molecule has 3 heteroatoms. The quantitative estimate of drug-likeness (QED) is 0.666. The van der Waals surface area contributed by atoms with Crippen molar-refractivity contribution in [3.63, 3.8) is 0 Å². The molecule has 0 saturated carbocycles. The smallest absolute Gasteiger partial charge is 0.0510 e. The molecule has 2 aliphatic heterocycles. The molecule has 0 aliphatic carbocycles. The molecule has 0 aromatic carbocycles. The second-order valence-electron chi connectivity index (χ2n) is 4.16. The first kappa shape index (κ1) is 9.44. The Bertz CT molecular complexity index is 154. The number of nitrogens with zero attached hydrogens (tertiary/aromatic N) is 2. The van der Waals surface area contributed by atoms with Gasteiger partial charge in [0.15, 0.2) is 0 Å². The molecular weight excluding hydrogens is 162 g/mol. The van der Waals surface area contributed by atoms with E-state index in [9.17, 15) is 0 Å². The second-order valence-corrected chi connectivity index (χ2v) is 4.16. The van der Waals surface area contributed by atoms with Crippen molar-refractivity contribution in [2.24, 2.45) is 0 Å². The first-order valence-electron chi connectivity index (χ1n) is 5.57. The molecule has 1 N–H and O–H groups in total. The molecule has 0 radical (unpaired) electrons. The molecule has 0 spiro atoms. The normalized spacial score (nSPS) is 32.5. The maximum atomic E-state index is 3.48. The van der Waals surface area contributed by atoms with Gasteiger partial charge in [-0.2, -0.15) is 0 Å². The van der Waals surface area contributed by atoms with Gasteiger partial charge in [-0.15, -0.1) is 0 Å². The van der Waals surface area contributed by atoms with E-state index in [1.54, 1.807) is 0 Å². The second kappa shape index (κ2) is 4.40. The van der Waals surface area contributed by atoms with Crippen molar-refractivity contribution < 1.29 is 0 Å². The van der Waals surface area contributed by atoms with Crippen molar-refractivity contribution >= 4 is 0 Å². The Morgan fingerprint density at radius 1 is 1.38 bits per heavy atom. The van der Waals surface area contributed by atoms with Crippen LogP contribution in [0.5, 0.6) is 0 Å². The molecule has 2 aliphatic rings. The fraction of sp³-hybridized carbons (Fsp3) is 1.00. The lowest BCUT2D eigenvalue weighted by Gasteiger charge is -2.31. The minimum Gasteiger partial charge on any atom is -0.315 e. The van der Waals surface area contributed by atoms with E-state index < -0.39 is 0 Å². The maximum Gasteiger partial charge on any atom is 0.0510 e. The SMILES string of the molecule is CCN1CCN(C2CCCNC2)C1. The highest BCUT2D eigenvalue weighted by Crippen LogP contribution is 2.14. The van der Waals surface area contributed by atoms with Gasteiger partial charge in [0.2, 0.25) is 0 Å². The molecule has 2 heterocycles. The first-order chi connectivity index (χ1) is 6.40. The lowest BCUT2D eigenvalue weighted by atomic mass is 10.1. The standard InChI is InChI=1S/C10H21N3/c1-2-12-6-7-13(9-12)10-4-3-5-11-8-10/h10-11H,2-9H2,1H3. The fourth-order valence-corrected chi connectivity index (χ4v) is 2.37. The Balaban J connectivity index is 1.80. The summed E-state index contributed by atoms with van der Waals surface area (Å²) in [5, 5.41) is 3.48. The van der Waals surface area contributed by atoms with Gasteiger partial charge in [-0.3, -0.25) is 9.80 Å². The third kappa shape index (κ3) is 2.22. The van der Waals surface area contributed by atoms with E-state index in [1.165, 1.54) is 52.2 Å². The van der Waals surface area contributed by atoms with Crippen LogP contribution in [0.25, 0.3) is 0 Å². The summed E-state index contributed by atoms with van der Waals surface area (Å²) in [5.41, 5.74) is 0. The van der Waals surface area contributed by atoms with Crippen molar-refractivity contribution in [2.75, 3.05) is 39.4 Å². The van der Waals surface area contributed by atoms with Crippen LogP contribution < -0.4 is 5.32 Å². The van der Waals surface area contributed by atoms with E-state index in [0.29, 0.717) is 0 Å². The molecule has 0 aromatic rings. The Kier molecular flexibility index (Phi) is 3.19. The van der Waals surface area contributed by atoms with Gasteiger partial charge in [0.05, 0.1) is 6.67 Å². The first-order valence-corrected chi connectivity index (χ1v) is 5.57. The largest absolute Gasteiger partial charge is 0.315 e. The number of piperidine rings is 1. The summed E-state index contributed by atoms with van der Waals surface area (Å²) in [6.45, 7) is 9.63. The summed E-state index contributed by atoms with van der Waals surface area (Å²) in [6, 6.07) is 0.810. The molecule has 0 bridgehead atoms. The molecule has 1 unspecified atom stereocenters. The minimum atomic E-state index is 0.810. The van der Waals surface area contributed by atoms with Crippen LogP contribution in [-0.4, -0.2) is 55.2 Å². The van der Waals surface area contributed by atoms with Crippen molar-refractivity contribution in [3.8, 4) is 0 Å². The fourth-order valence-electron chi connectivity index (χ4n) is 2.37. The van der Waals surface area contributed by atoms with Crippen LogP contribution >= 0.6 is 0 Å². The van der Waals surface area contributed by atoms with Crippen LogP contribution in [0, 0.1) is 0 Å². The van der Waals surface area contributed by atoms with Crippen LogP contribution in [-0.2, 0) is 0 Å². The number of hydrogen-bond acceptors (Lipinski definition) is 3. The van der Waals surface area contributed by atoms with Crippen LogP contribution in [0.1, 0.15) is 19.8 Å². The van der Waals surface area contributed by atoms with E-state index >= 15 is 0 Å². The van der Waals surface area contributed by atoms with Crippen LogP contribution in [0.15, 0.2) is 0 Å². The third-order valence-electron chi connectivity index (χ3n) is 3.32. The molecule has 1 atom stereocenters. The lowest BCUT2D eigenvalue weighted by molar-refractivity contribution is 0.169. The highest BCUT2D eigenvalue weighted by molar-refractivity contribution is 4.82. The molecule has 0 aromatic heterocycles. The monoisotopic (exact) mass is 183 g/mol. The van der Waals surface area contributed by atoms with Gasteiger partial charge >= 0.3 is 0 Å². The summed E-state index contributed by atoms with van der Waals surface area (Å²) in [5.74, 6) is 0. The Morgan fingerprint density at radius 3 is 2.92 bits per heavy atom. The predicted molar refractivity (Wildman–Crippen MR) is 54.7 cm³/mol. The summed E-state index contributed by atoms with van der Waals surface area (Å²) in [7, 11) is 0. The molecule has 76 valence electrons. The summed E-state index contributed by atoms with van der Waals surface area (Å²) >= 11 is 0. The van der Waals surface area contributed by atoms with Gasteiger partial charge in [-0.1, -0.05) is 6.92 Å². The number of nitrogens with one attached hydrogen (secondary N) is 1. The Morgan fingerprint density at radius 2 is 2.31 bits per heavy atom. The average molecular weight is 183 g/mol. The van der Waals surface area contributed by atoms with Crippen molar-refractivity contribution in [2.45, 2.75) is 25.8 Å². The zero-order valence-corrected chi connectivity index (χ0v) is 8.63. The number of likely N-dealkylation sites (N-methyl/N-ethyl adjacent to an activating group) is 1. The predicted octanol–water partition coefficient (Wildman–Crippen LogP) is 0.333. The summed E-state index contributed by atoms with van der Waals surface area (Å²) in [6.07, 6.45) is 2.75. The topological polar surface area (TPSA) is 18.5 Å². The molecule has 2 fully saturated rings. The minimum absolute atomic E-state index is 0.810. The lowest BCUT2D eigenvalue weighted by Crippen LogP contribution is -2.45. The number of hydrogen-bond donors (Lipinski definition) is 1. The zero-order valence-electron chi connectivity index (χ0n) is 8.63. The molecule has 0 amide bonds. The van der Waals surface area contributed by atoms with E-state index in [1.807, 2.05) is 0 Å². The van der Waals surface area contributed by atoms with Crippen molar-refractivity contribution in [1.82, 2.24) is 15.1 Å². The zero-order chi connectivity index (χ0) is 9.10. The molecule has 3 nitrogen and oxygen atoms in total. The van der Waals surface area contributed by atoms with E-state index in [-0.39, 0.29) is 0 Å². The van der Waals surface area contributed by atoms with Gasteiger partial charge in [-0.25, -0.2) is 0 Å². The molecular formula is C10H21N3. The number of rotatable bonds is 2. The highest BCUT2D eigenvalue weighted by Gasteiger charge is 2.26. The van der Waals surface area contributed by atoms with Crippen molar-refractivity contribution in [3.05, 3.63) is 0 Å². The Hall–Kier alpha value is -0.120. The van der Waals surface area contributed by atoms with Gasteiger partial charge in [0.1, 0.15) is 0 Å². The van der Waals surface area contributed by atoms with Gasteiger partial charge in [-0.05, 0) is 25.9 Å². The maximum absolute atomic E-state index is 3.48. The summed E-state index contributed by atoms with van der Waals surface area (Å²) in [4.78, 5) is 5.16. The van der Waals surface area contributed by atoms with Crippen LogP contribution in [0.2, 0.25) is 0 Å². The Labute approximate surface area is 81.1 Å². The average Bonchev–Trinajstić information content (AvgIpc) is 2.67. The highest BCUT2D eigenvalue weighted by atomic mass is 15.4. The van der Waals surface area contributed by atoms with Gasteiger partial charge in [0, 0.05) is 25.7 Å². The van der Waals surface area contributed by atoms with E-state index in [4.69, 9.17) is 0 Å². The molecule has 13 heavy (non-hydrogen) atoms. The molecule has 2 saturated heterocycles.